The number of carbonyl (C=O) groups excluding carboxylic acids is 3. The van der Waals surface area contributed by atoms with Crippen molar-refractivity contribution in [1.82, 2.24) is 98.8 Å². The Balaban J connectivity index is 0.000000138. The fraction of sp³-hybridized carbons (Fsp3) is 0.0794. The van der Waals surface area contributed by atoms with Crippen molar-refractivity contribution in [2.75, 3.05) is 16.5 Å². The van der Waals surface area contributed by atoms with Crippen LogP contribution in [-0.2, 0) is 22.7 Å². The number of carbonyl (C=O) groups is 3. The fourth-order valence-electron chi connectivity index (χ4n) is 8.76. The molecule has 0 bridgehead atoms. The lowest BCUT2D eigenvalue weighted by Crippen LogP contribution is -2.29. The number of pyridine rings is 5. The molecule has 14 rings (SSSR count). The number of nitrogens with zero attached hydrogens (tertiary/aromatic N) is 19. The molecule has 2 amide bonds. The smallest absolute Gasteiger partial charge is 0.423 e. The van der Waals surface area contributed by atoms with Crippen LogP contribution in [-0.4, -0.2) is 139 Å². The first-order chi connectivity index (χ1) is 45.8. The van der Waals surface area contributed by atoms with Crippen molar-refractivity contribution in [3.05, 3.63) is 231 Å². The molecule has 0 unspecified atom stereocenters. The zero-order chi connectivity index (χ0) is 65.8. The number of anilines is 2. The van der Waals surface area contributed by atoms with Crippen LogP contribution in [0.5, 0.6) is 0 Å². The monoisotopic (exact) mass is 1310 g/mol. The van der Waals surface area contributed by atoms with Crippen LogP contribution in [0.4, 0.5) is 11.6 Å². The minimum Gasteiger partial charge on any atom is -0.423 e. The van der Waals surface area contributed by atoms with Crippen LogP contribution < -0.4 is 16.1 Å². The van der Waals surface area contributed by atoms with Crippen LogP contribution in [0.2, 0.25) is 10.3 Å². The van der Waals surface area contributed by atoms with E-state index in [1.165, 1.54) is 19.0 Å². The number of hydrogen-bond donors (Lipinski definition) is 5. The maximum absolute atomic E-state index is 12.6. The molecule has 0 saturated carbocycles. The van der Waals surface area contributed by atoms with E-state index in [1.54, 1.807) is 158 Å². The van der Waals surface area contributed by atoms with Gasteiger partial charge in [-0.15, -0.1) is 11.6 Å². The van der Waals surface area contributed by atoms with Crippen molar-refractivity contribution in [3.63, 3.8) is 0 Å². The number of alkyl halides is 1. The second-order valence-electron chi connectivity index (χ2n) is 19.7. The number of amides is 2. The van der Waals surface area contributed by atoms with Crippen molar-refractivity contribution < 1.29 is 24.4 Å². The standard InChI is InChI=1S/C23H18N8O.C17H12ClN7O.C11H8ClN3O.C6H8BNO2.C6H4ClN3/c1-15-10-16(4-6-25-15)22-18-5-9-31(23(18)29-14-28-22)13-21(32)30-20-3-2-17(11-27-20)19-12-24-7-8-26-19;18-16-12-3-6-25(17(12)23-10-22-16)9-15(26)24-14-2-1-11(7-21-14)13-8-19-4-5-20-13;12-5-11(16)9-2-1-8(6-15-9)10-7-13-3-4-14-10;1-5-4-6(7(9)10)2-3-8-5;7-5-4-1-2-8-6(4)10-3-9-5/h2-12,14H,13H2,1H3,(H,27,30,32);1-8,10H,9H2,(H,21,24,26);1-4,6-7H,5H2;2-4,9-10H,1H3;1-3H,(H,8,9,10). The molecule has 14 heterocycles. The number of aromatic nitrogens is 20. The van der Waals surface area contributed by atoms with Gasteiger partial charge in [-0.1, -0.05) is 23.2 Å². The van der Waals surface area contributed by atoms with Gasteiger partial charge in [0.05, 0.1) is 58.0 Å². The zero-order valence-electron chi connectivity index (χ0n) is 49.5. The Bertz CT molecular complexity index is 4830. The van der Waals surface area contributed by atoms with Crippen molar-refractivity contribution in [3.8, 4) is 45.0 Å². The van der Waals surface area contributed by atoms with Gasteiger partial charge in [-0.2, -0.15) is 0 Å². The number of aromatic amines is 1. The Morgan fingerprint density at radius 2 is 1.00 bits per heavy atom. The molecule has 0 fully saturated rings. The molecule has 0 radical (unpaired) electrons. The Hall–Kier alpha value is -11.7. The van der Waals surface area contributed by atoms with E-state index in [4.69, 9.17) is 44.9 Å². The van der Waals surface area contributed by atoms with Gasteiger partial charge in [0.25, 0.3) is 0 Å². The Labute approximate surface area is 549 Å². The van der Waals surface area contributed by atoms with Gasteiger partial charge in [0.2, 0.25) is 11.8 Å². The molecule has 0 aliphatic heterocycles. The molecule has 0 spiro atoms. The molecular weight excluding hydrogens is 1260 g/mol. The maximum Gasteiger partial charge on any atom is 0.488 e. The number of rotatable bonds is 13. The highest BCUT2D eigenvalue weighted by Crippen LogP contribution is 2.27. The summed E-state index contributed by atoms with van der Waals surface area (Å²) in [7, 11) is -1.39. The third kappa shape index (κ3) is 17.4. The van der Waals surface area contributed by atoms with Gasteiger partial charge >= 0.3 is 7.12 Å². The minimum atomic E-state index is -1.39. The predicted molar refractivity (Wildman–Crippen MR) is 354 cm³/mol. The van der Waals surface area contributed by atoms with E-state index >= 15 is 0 Å². The molecule has 14 aromatic rings. The van der Waals surface area contributed by atoms with Crippen LogP contribution >= 0.6 is 34.8 Å². The zero-order valence-corrected chi connectivity index (χ0v) is 51.8. The van der Waals surface area contributed by atoms with Gasteiger partial charge in [-0.25, -0.2) is 39.9 Å². The Morgan fingerprint density at radius 1 is 0.489 bits per heavy atom. The van der Waals surface area contributed by atoms with Gasteiger partial charge in [-0.3, -0.25) is 59.2 Å². The number of aryl methyl sites for hydroxylation is 2. The number of Topliss-reactive ketones (excluding diaryl/α,β-unsaturated/α-hetero) is 1. The molecule has 27 nitrogen and oxygen atoms in total. The van der Waals surface area contributed by atoms with Gasteiger partial charge in [0.15, 0.2) is 5.78 Å². The molecule has 0 aliphatic rings. The second-order valence-corrected chi connectivity index (χ2v) is 20.6. The molecule has 466 valence electrons. The fourth-order valence-corrected chi connectivity index (χ4v) is 9.28. The molecule has 0 saturated heterocycles. The summed E-state index contributed by atoms with van der Waals surface area (Å²) in [4.78, 5) is 109. The van der Waals surface area contributed by atoms with E-state index in [2.05, 4.69) is 100 Å². The summed E-state index contributed by atoms with van der Waals surface area (Å²) in [5, 5.41) is 26.2. The minimum absolute atomic E-state index is 0.0580. The average Bonchev–Trinajstić information content (AvgIpc) is 1.71. The van der Waals surface area contributed by atoms with Crippen LogP contribution in [0, 0.1) is 13.8 Å². The first-order valence-corrected chi connectivity index (χ1v) is 29.3. The lowest BCUT2D eigenvalue weighted by molar-refractivity contribution is -0.117. The van der Waals surface area contributed by atoms with Crippen molar-refractivity contribution in [2.24, 2.45) is 0 Å². The molecule has 94 heavy (non-hydrogen) atoms. The summed E-state index contributed by atoms with van der Waals surface area (Å²) < 4.78 is 3.49. The summed E-state index contributed by atoms with van der Waals surface area (Å²) in [6.45, 7) is 3.92. The van der Waals surface area contributed by atoms with Gasteiger partial charge in [0, 0.05) is 126 Å². The van der Waals surface area contributed by atoms with Crippen LogP contribution in [0.3, 0.4) is 0 Å². The average molecular weight is 1310 g/mol. The summed E-state index contributed by atoms with van der Waals surface area (Å²) in [6.07, 6.45) is 32.5. The Kier molecular flexibility index (Phi) is 22.1. The highest BCUT2D eigenvalue weighted by atomic mass is 35.5. The second kappa shape index (κ2) is 31.9. The molecule has 31 heteroatoms. The molecular formula is C63H50BCl3N22O5. The largest absolute Gasteiger partial charge is 0.488 e. The van der Waals surface area contributed by atoms with E-state index in [9.17, 15) is 14.4 Å². The molecule has 5 N–H and O–H groups in total. The first kappa shape index (κ1) is 65.3. The van der Waals surface area contributed by atoms with Crippen molar-refractivity contribution in [1.29, 1.82) is 0 Å². The molecule has 14 aromatic heterocycles. The van der Waals surface area contributed by atoms with Crippen LogP contribution in [0.1, 0.15) is 21.9 Å². The van der Waals surface area contributed by atoms with Crippen LogP contribution in [0.25, 0.3) is 78.1 Å². The molecule has 0 aliphatic carbocycles. The third-order valence-electron chi connectivity index (χ3n) is 13.2. The SMILES string of the molecule is Cc1cc(-c2ncnc3c2ccn3CC(=O)Nc2ccc(-c3cnccn3)cn2)ccn1.Cc1cc(B(O)O)ccn1.Clc1ncnc2[nH]ccc12.O=C(CCl)c1ccc(-c2cnccn2)cn1.O=C(Cn1ccc2c(Cl)ncnc21)Nc1ccc(-c2cnccn2)cn1. The lowest BCUT2D eigenvalue weighted by atomic mass is 9.81. The number of fused-ring (bicyclic) bond motifs is 3. The summed E-state index contributed by atoms with van der Waals surface area (Å²) in [6, 6.07) is 23.2. The summed E-state index contributed by atoms with van der Waals surface area (Å²) in [5.41, 5.74) is 11.0. The number of hydrogen-bond acceptors (Lipinski definition) is 22. The number of halogens is 3. The summed E-state index contributed by atoms with van der Waals surface area (Å²) >= 11 is 17.2. The quantitative estimate of drug-likeness (QED) is 0.0312. The normalized spacial score (nSPS) is 10.5. The van der Waals surface area contributed by atoms with E-state index in [0.29, 0.717) is 55.5 Å². The first-order valence-electron chi connectivity index (χ1n) is 28.0. The lowest BCUT2D eigenvalue weighted by Gasteiger charge is -2.08. The number of nitrogens with one attached hydrogen (secondary N) is 3. The van der Waals surface area contributed by atoms with E-state index in [1.807, 2.05) is 49.5 Å². The van der Waals surface area contributed by atoms with E-state index in [0.717, 1.165) is 67.1 Å². The van der Waals surface area contributed by atoms with Crippen LogP contribution in [0.15, 0.2) is 203 Å². The van der Waals surface area contributed by atoms with Crippen molar-refractivity contribution in [2.45, 2.75) is 26.9 Å². The highest BCUT2D eigenvalue weighted by molar-refractivity contribution is 6.58. The van der Waals surface area contributed by atoms with E-state index < -0.39 is 7.12 Å². The highest BCUT2D eigenvalue weighted by Gasteiger charge is 2.16. The third-order valence-corrected chi connectivity index (χ3v) is 14.0. The predicted octanol–water partition coefficient (Wildman–Crippen LogP) is 8.51. The van der Waals surface area contributed by atoms with E-state index in [-0.39, 0.29) is 36.6 Å². The number of H-pyrrole nitrogens is 1. The molecule has 0 atom stereocenters. The Morgan fingerprint density at radius 3 is 1.48 bits per heavy atom. The van der Waals surface area contributed by atoms with Gasteiger partial charge < -0.3 is 34.8 Å². The maximum atomic E-state index is 12.6. The van der Waals surface area contributed by atoms with Gasteiger partial charge in [-0.05, 0) is 98.2 Å². The number of ketones is 1. The molecule has 0 aromatic carbocycles. The topological polar surface area (TPSA) is 361 Å². The summed E-state index contributed by atoms with van der Waals surface area (Å²) in [5.74, 6) is 0.234. The van der Waals surface area contributed by atoms with Crippen molar-refractivity contribution >= 4 is 110 Å². The van der Waals surface area contributed by atoms with Gasteiger partial charge in [0.1, 0.15) is 76.6 Å².